The van der Waals surface area contributed by atoms with Gasteiger partial charge in [0.25, 0.3) is 0 Å². The second-order valence-corrected chi connectivity index (χ2v) is 4.29. The number of hydrogen-bond acceptors (Lipinski definition) is 4. The van der Waals surface area contributed by atoms with Gasteiger partial charge in [-0.15, -0.1) is 0 Å². The first kappa shape index (κ1) is 13.4. The number of aromatic nitrogens is 1. The molecule has 0 N–H and O–H groups in total. The molecule has 98 valence electrons. The summed E-state index contributed by atoms with van der Waals surface area (Å²) in [6.07, 6.45) is 4.57. The molecule has 0 saturated carbocycles. The van der Waals surface area contributed by atoms with Gasteiger partial charge in [0.05, 0.1) is 6.20 Å². The van der Waals surface area contributed by atoms with Crippen LogP contribution >= 0.6 is 11.6 Å². The summed E-state index contributed by atoms with van der Waals surface area (Å²) in [5, 5.41) is 0.652. The van der Waals surface area contributed by atoms with Crippen LogP contribution in [-0.2, 0) is 16.1 Å². The molecule has 1 aromatic carbocycles. The van der Waals surface area contributed by atoms with Crippen LogP contribution in [0.5, 0.6) is 0 Å². The van der Waals surface area contributed by atoms with Crippen molar-refractivity contribution in [3.8, 4) is 0 Å². The summed E-state index contributed by atoms with van der Waals surface area (Å²) in [6.45, 7) is 1.80. The normalized spacial score (nSPS) is 10.8. The number of nitrogens with zero attached hydrogens (tertiary/aromatic N) is 1. The lowest BCUT2D eigenvalue weighted by Gasteiger charge is -1.97. The van der Waals surface area contributed by atoms with Gasteiger partial charge in [-0.1, -0.05) is 23.7 Å². The Morgan fingerprint density at radius 3 is 2.79 bits per heavy atom. The lowest BCUT2D eigenvalue weighted by atomic mass is 10.2. The van der Waals surface area contributed by atoms with E-state index in [0.29, 0.717) is 16.7 Å². The first-order chi connectivity index (χ1) is 9.13. The van der Waals surface area contributed by atoms with Gasteiger partial charge in [0.1, 0.15) is 5.76 Å². The molecule has 0 unspecified atom stereocenters. The Balaban J connectivity index is 1.85. The van der Waals surface area contributed by atoms with Crippen molar-refractivity contribution in [2.24, 2.45) is 0 Å². The molecule has 0 saturated heterocycles. The Labute approximate surface area is 115 Å². The van der Waals surface area contributed by atoms with Gasteiger partial charge in [-0.2, -0.15) is 0 Å². The van der Waals surface area contributed by atoms with Gasteiger partial charge in [-0.3, -0.25) is 0 Å². The molecular formula is C14H12ClNO3. The second kappa shape index (κ2) is 6.20. The molecule has 0 radical (unpaired) electrons. The van der Waals surface area contributed by atoms with Gasteiger partial charge in [-0.05, 0) is 30.7 Å². The third kappa shape index (κ3) is 4.26. The largest absolute Gasteiger partial charge is 0.453 e. The van der Waals surface area contributed by atoms with Crippen LogP contribution in [0.2, 0.25) is 5.02 Å². The number of ether oxygens (including phenoxy) is 1. The monoisotopic (exact) mass is 277 g/mol. The highest BCUT2D eigenvalue weighted by atomic mass is 35.5. The van der Waals surface area contributed by atoms with Crippen molar-refractivity contribution in [3.63, 3.8) is 0 Å². The minimum atomic E-state index is -0.453. The maximum Gasteiger partial charge on any atom is 0.331 e. The SMILES string of the molecule is Cc1cnc(COC(=O)C=Cc2ccc(Cl)cc2)o1. The number of oxazole rings is 1. The molecule has 0 bridgehead atoms. The summed E-state index contributed by atoms with van der Waals surface area (Å²) in [7, 11) is 0. The van der Waals surface area contributed by atoms with E-state index in [9.17, 15) is 4.79 Å². The molecule has 2 aromatic rings. The molecular weight excluding hydrogens is 266 g/mol. The molecule has 0 fully saturated rings. The fourth-order valence-electron chi connectivity index (χ4n) is 1.39. The Bertz CT molecular complexity index is 587. The van der Waals surface area contributed by atoms with Gasteiger partial charge in [0.2, 0.25) is 5.89 Å². The summed E-state index contributed by atoms with van der Waals surface area (Å²) in [5.41, 5.74) is 0.869. The van der Waals surface area contributed by atoms with Crippen molar-refractivity contribution in [2.45, 2.75) is 13.5 Å². The number of hydrogen-bond donors (Lipinski definition) is 0. The highest BCUT2D eigenvalue weighted by molar-refractivity contribution is 6.30. The lowest BCUT2D eigenvalue weighted by Crippen LogP contribution is -2.00. The Kier molecular flexibility index (Phi) is 4.36. The van der Waals surface area contributed by atoms with Crippen LogP contribution in [0.25, 0.3) is 6.08 Å². The van der Waals surface area contributed by atoms with Crippen molar-refractivity contribution in [2.75, 3.05) is 0 Å². The number of benzene rings is 1. The molecule has 0 spiro atoms. The fourth-order valence-corrected chi connectivity index (χ4v) is 1.51. The third-order valence-corrected chi connectivity index (χ3v) is 2.54. The fraction of sp³-hybridized carbons (Fsp3) is 0.143. The number of esters is 1. The lowest BCUT2D eigenvalue weighted by molar-refractivity contribution is -0.139. The Morgan fingerprint density at radius 2 is 2.16 bits per heavy atom. The molecule has 0 atom stereocenters. The van der Waals surface area contributed by atoms with Crippen molar-refractivity contribution >= 4 is 23.6 Å². The van der Waals surface area contributed by atoms with E-state index in [4.69, 9.17) is 20.8 Å². The molecule has 0 aliphatic carbocycles. The third-order valence-electron chi connectivity index (χ3n) is 2.29. The summed E-state index contributed by atoms with van der Waals surface area (Å²) >= 11 is 5.76. The van der Waals surface area contributed by atoms with Crippen LogP contribution in [0, 0.1) is 6.92 Å². The molecule has 1 aromatic heterocycles. The summed E-state index contributed by atoms with van der Waals surface area (Å²) < 4.78 is 10.2. The van der Waals surface area contributed by atoms with Gasteiger partial charge in [0, 0.05) is 11.1 Å². The molecule has 0 amide bonds. The van der Waals surface area contributed by atoms with E-state index >= 15 is 0 Å². The number of carbonyl (C=O) groups is 1. The first-order valence-electron chi connectivity index (χ1n) is 5.65. The predicted molar refractivity (Wildman–Crippen MR) is 71.5 cm³/mol. The van der Waals surface area contributed by atoms with E-state index in [2.05, 4.69) is 4.98 Å². The predicted octanol–water partition coefficient (Wildman–Crippen LogP) is 3.39. The zero-order chi connectivity index (χ0) is 13.7. The Hall–Kier alpha value is -2.07. The van der Waals surface area contributed by atoms with E-state index in [1.54, 1.807) is 31.3 Å². The van der Waals surface area contributed by atoms with Crippen LogP contribution in [0.3, 0.4) is 0 Å². The smallest absolute Gasteiger partial charge is 0.331 e. The molecule has 5 heteroatoms. The highest BCUT2D eigenvalue weighted by Gasteiger charge is 2.03. The van der Waals surface area contributed by atoms with E-state index in [1.165, 1.54) is 6.08 Å². The van der Waals surface area contributed by atoms with Gasteiger partial charge in [0.15, 0.2) is 6.61 Å². The number of rotatable bonds is 4. The highest BCUT2D eigenvalue weighted by Crippen LogP contribution is 2.10. The van der Waals surface area contributed by atoms with Crippen LogP contribution < -0.4 is 0 Å². The maximum atomic E-state index is 11.5. The van der Waals surface area contributed by atoms with Gasteiger partial charge >= 0.3 is 5.97 Å². The van der Waals surface area contributed by atoms with Crippen LogP contribution in [0.1, 0.15) is 17.2 Å². The minimum absolute atomic E-state index is 0.0254. The standard InChI is InChI=1S/C14H12ClNO3/c1-10-8-16-13(19-10)9-18-14(17)7-4-11-2-5-12(15)6-3-11/h2-8H,9H2,1H3. The van der Waals surface area contributed by atoms with Crippen LogP contribution in [0.4, 0.5) is 0 Å². The molecule has 1 heterocycles. The van der Waals surface area contributed by atoms with E-state index in [0.717, 1.165) is 5.56 Å². The average molecular weight is 278 g/mol. The minimum Gasteiger partial charge on any atom is -0.453 e. The van der Waals surface area contributed by atoms with Crippen LogP contribution in [0.15, 0.2) is 41.0 Å². The molecule has 19 heavy (non-hydrogen) atoms. The molecule has 2 rings (SSSR count). The van der Waals surface area contributed by atoms with Crippen molar-refractivity contribution in [1.29, 1.82) is 0 Å². The van der Waals surface area contributed by atoms with Gasteiger partial charge < -0.3 is 9.15 Å². The summed E-state index contributed by atoms with van der Waals surface area (Å²) in [4.78, 5) is 15.4. The summed E-state index contributed by atoms with van der Waals surface area (Å²) in [6, 6.07) is 7.12. The Morgan fingerprint density at radius 1 is 1.42 bits per heavy atom. The first-order valence-corrected chi connectivity index (χ1v) is 6.03. The number of carbonyl (C=O) groups excluding carboxylic acids is 1. The average Bonchev–Trinajstić information content (AvgIpc) is 2.81. The van der Waals surface area contributed by atoms with Crippen molar-refractivity contribution < 1.29 is 13.9 Å². The van der Waals surface area contributed by atoms with E-state index < -0.39 is 5.97 Å². The number of aryl methyl sites for hydroxylation is 1. The topological polar surface area (TPSA) is 52.3 Å². The quantitative estimate of drug-likeness (QED) is 0.635. The molecule has 0 aliphatic rings. The maximum absolute atomic E-state index is 11.5. The van der Waals surface area contributed by atoms with E-state index in [-0.39, 0.29) is 6.61 Å². The van der Waals surface area contributed by atoms with Crippen molar-refractivity contribution in [1.82, 2.24) is 4.98 Å². The molecule has 0 aliphatic heterocycles. The van der Waals surface area contributed by atoms with Gasteiger partial charge in [-0.25, -0.2) is 9.78 Å². The zero-order valence-corrected chi connectivity index (χ0v) is 11.1. The van der Waals surface area contributed by atoms with E-state index in [1.807, 2.05) is 12.1 Å². The van der Waals surface area contributed by atoms with Crippen molar-refractivity contribution in [3.05, 3.63) is 58.8 Å². The summed E-state index contributed by atoms with van der Waals surface area (Å²) in [5.74, 6) is 0.610. The van der Waals surface area contributed by atoms with Crippen LogP contribution in [-0.4, -0.2) is 11.0 Å². The second-order valence-electron chi connectivity index (χ2n) is 3.86. The zero-order valence-electron chi connectivity index (χ0n) is 10.3. The number of halogens is 1. The molecule has 4 nitrogen and oxygen atoms in total.